The van der Waals surface area contributed by atoms with Gasteiger partial charge in [-0.1, -0.05) is 12.1 Å². The molecule has 1 N–H and O–H groups in total. The molecule has 0 radical (unpaired) electrons. The minimum absolute atomic E-state index is 0.248. The van der Waals surface area contributed by atoms with Crippen LogP contribution in [0.4, 0.5) is 8.78 Å². The normalized spacial score (nSPS) is 21.1. The number of piperidine rings is 1. The van der Waals surface area contributed by atoms with Crippen molar-refractivity contribution in [2.24, 2.45) is 0 Å². The molecule has 1 aliphatic rings. The van der Waals surface area contributed by atoms with Crippen molar-refractivity contribution in [2.75, 3.05) is 13.1 Å². The lowest BCUT2D eigenvalue weighted by molar-refractivity contribution is -0.0499. The third-order valence-electron chi connectivity index (χ3n) is 2.85. The van der Waals surface area contributed by atoms with E-state index in [9.17, 15) is 8.78 Å². The Balaban J connectivity index is 2.08. The number of ether oxygens (including phenoxy) is 1. The molecule has 1 atom stereocenters. The third-order valence-corrected chi connectivity index (χ3v) is 2.85. The summed E-state index contributed by atoms with van der Waals surface area (Å²) >= 11 is 0. The van der Waals surface area contributed by atoms with Crippen LogP contribution in [0.15, 0.2) is 24.3 Å². The van der Waals surface area contributed by atoms with E-state index in [0.29, 0.717) is 5.92 Å². The predicted molar refractivity (Wildman–Crippen MR) is 57.9 cm³/mol. The topological polar surface area (TPSA) is 21.3 Å². The number of rotatable bonds is 3. The summed E-state index contributed by atoms with van der Waals surface area (Å²) in [6.45, 7) is -0.790. The van der Waals surface area contributed by atoms with Crippen molar-refractivity contribution in [3.8, 4) is 5.75 Å². The number of hydrogen-bond acceptors (Lipinski definition) is 2. The van der Waals surface area contributed by atoms with E-state index in [0.717, 1.165) is 31.5 Å². The second-order valence-corrected chi connectivity index (χ2v) is 3.99. The van der Waals surface area contributed by atoms with Gasteiger partial charge in [0, 0.05) is 6.54 Å². The average molecular weight is 227 g/mol. The van der Waals surface area contributed by atoms with E-state index in [-0.39, 0.29) is 5.75 Å². The van der Waals surface area contributed by atoms with Crippen LogP contribution in [0.25, 0.3) is 0 Å². The first-order valence-electron chi connectivity index (χ1n) is 5.51. The number of alkyl halides is 2. The molecule has 0 bridgehead atoms. The monoisotopic (exact) mass is 227 g/mol. The van der Waals surface area contributed by atoms with Crippen molar-refractivity contribution in [1.29, 1.82) is 0 Å². The smallest absolute Gasteiger partial charge is 0.387 e. The predicted octanol–water partition coefficient (Wildman–Crippen LogP) is 2.75. The van der Waals surface area contributed by atoms with E-state index < -0.39 is 6.61 Å². The highest BCUT2D eigenvalue weighted by molar-refractivity contribution is 5.31. The fourth-order valence-electron chi connectivity index (χ4n) is 2.08. The quantitative estimate of drug-likeness (QED) is 0.857. The summed E-state index contributed by atoms with van der Waals surface area (Å²) < 4.78 is 28.5. The van der Waals surface area contributed by atoms with Crippen LogP contribution in [0, 0.1) is 0 Å². The second-order valence-electron chi connectivity index (χ2n) is 3.99. The summed E-state index contributed by atoms with van der Waals surface area (Å²) in [6.07, 6.45) is 2.23. The van der Waals surface area contributed by atoms with E-state index >= 15 is 0 Å². The molecular weight excluding hydrogens is 212 g/mol. The lowest BCUT2D eigenvalue weighted by atomic mass is 9.92. The van der Waals surface area contributed by atoms with Gasteiger partial charge in [-0.15, -0.1) is 0 Å². The Labute approximate surface area is 93.6 Å². The van der Waals surface area contributed by atoms with Gasteiger partial charge in [0.15, 0.2) is 0 Å². The van der Waals surface area contributed by atoms with Crippen molar-refractivity contribution in [3.63, 3.8) is 0 Å². The largest absolute Gasteiger partial charge is 0.435 e. The van der Waals surface area contributed by atoms with E-state index in [1.165, 1.54) is 0 Å². The molecule has 0 aliphatic carbocycles. The van der Waals surface area contributed by atoms with Crippen LogP contribution >= 0.6 is 0 Å². The van der Waals surface area contributed by atoms with E-state index in [2.05, 4.69) is 10.1 Å². The fraction of sp³-hybridized carbons (Fsp3) is 0.500. The lowest BCUT2D eigenvalue weighted by Crippen LogP contribution is -2.28. The third kappa shape index (κ3) is 2.92. The van der Waals surface area contributed by atoms with Crippen LogP contribution in [-0.2, 0) is 0 Å². The molecule has 1 aromatic rings. The van der Waals surface area contributed by atoms with Crippen molar-refractivity contribution in [3.05, 3.63) is 29.8 Å². The number of hydrogen-bond donors (Lipinski definition) is 1. The van der Waals surface area contributed by atoms with Crippen molar-refractivity contribution in [2.45, 2.75) is 25.4 Å². The van der Waals surface area contributed by atoms with Gasteiger partial charge in [0.1, 0.15) is 5.75 Å². The molecule has 0 aromatic heterocycles. The molecule has 4 heteroatoms. The fourth-order valence-corrected chi connectivity index (χ4v) is 2.08. The molecule has 0 amide bonds. The molecule has 0 spiro atoms. The summed E-state index contributed by atoms with van der Waals surface area (Å²) in [5, 5.41) is 3.30. The van der Waals surface area contributed by atoms with Crippen molar-refractivity contribution in [1.82, 2.24) is 5.32 Å². The Bertz CT molecular complexity index is 338. The molecule has 1 fully saturated rings. The molecule has 2 nitrogen and oxygen atoms in total. The van der Waals surface area contributed by atoms with Gasteiger partial charge in [-0.25, -0.2) is 0 Å². The van der Waals surface area contributed by atoms with Crippen molar-refractivity contribution < 1.29 is 13.5 Å². The Morgan fingerprint density at radius 1 is 1.38 bits per heavy atom. The van der Waals surface area contributed by atoms with Crippen LogP contribution in [0.2, 0.25) is 0 Å². The van der Waals surface area contributed by atoms with E-state index in [1.54, 1.807) is 18.2 Å². The van der Waals surface area contributed by atoms with Crippen molar-refractivity contribution >= 4 is 0 Å². The summed E-state index contributed by atoms with van der Waals surface area (Å²) in [5.41, 5.74) is 1.07. The maximum atomic E-state index is 12.1. The molecule has 1 aliphatic heterocycles. The standard InChI is InChI=1S/C12H15F2NO/c13-12(14)16-11-5-1-3-9(7-11)10-4-2-6-15-8-10/h1,3,5,7,10,12,15H,2,4,6,8H2/t10-/m0/s1. The Morgan fingerprint density at radius 3 is 2.94 bits per heavy atom. The second kappa shape index (κ2) is 5.25. The lowest BCUT2D eigenvalue weighted by Gasteiger charge is -2.23. The number of benzene rings is 1. The SMILES string of the molecule is FC(F)Oc1cccc([C@H]2CCCNC2)c1. The van der Waals surface area contributed by atoms with Gasteiger partial charge in [0.05, 0.1) is 0 Å². The van der Waals surface area contributed by atoms with Crippen LogP contribution in [0.3, 0.4) is 0 Å². The van der Waals surface area contributed by atoms with Crippen LogP contribution in [0.5, 0.6) is 5.75 Å². The van der Waals surface area contributed by atoms with Gasteiger partial charge in [-0.2, -0.15) is 8.78 Å². The molecule has 1 heterocycles. The number of halogens is 2. The highest BCUT2D eigenvalue weighted by Crippen LogP contribution is 2.26. The minimum Gasteiger partial charge on any atom is -0.435 e. The summed E-state index contributed by atoms with van der Waals surface area (Å²) in [4.78, 5) is 0. The summed E-state index contributed by atoms with van der Waals surface area (Å²) in [5.74, 6) is 0.660. The molecule has 1 aromatic carbocycles. The van der Waals surface area contributed by atoms with E-state index in [1.807, 2.05) is 6.07 Å². The van der Waals surface area contributed by atoms with Gasteiger partial charge in [-0.3, -0.25) is 0 Å². The minimum atomic E-state index is -2.75. The van der Waals surface area contributed by atoms with Crippen LogP contribution < -0.4 is 10.1 Å². The summed E-state index contributed by atoms with van der Waals surface area (Å²) in [7, 11) is 0. The molecule has 88 valence electrons. The molecule has 16 heavy (non-hydrogen) atoms. The van der Waals surface area contributed by atoms with Gasteiger partial charge < -0.3 is 10.1 Å². The van der Waals surface area contributed by atoms with Gasteiger partial charge in [0.2, 0.25) is 0 Å². The molecule has 0 saturated carbocycles. The maximum Gasteiger partial charge on any atom is 0.387 e. The Morgan fingerprint density at radius 2 is 2.25 bits per heavy atom. The Kier molecular flexibility index (Phi) is 3.72. The molecular formula is C12H15F2NO. The molecule has 2 rings (SSSR count). The zero-order valence-corrected chi connectivity index (χ0v) is 8.96. The van der Waals surface area contributed by atoms with Gasteiger partial charge >= 0.3 is 6.61 Å². The zero-order valence-electron chi connectivity index (χ0n) is 8.96. The maximum absolute atomic E-state index is 12.1. The highest BCUT2D eigenvalue weighted by Gasteiger charge is 2.15. The first kappa shape index (κ1) is 11.3. The molecule has 1 saturated heterocycles. The van der Waals surface area contributed by atoms with Crippen LogP contribution in [-0.4, -0.2) is 19.7 Å². The zero-order chi connectivity index (χ0) is 11.4. The summed E-state index contributed by atoms with van der Waals surface area (Å²) in [6, 6.07) is 7.01. The first-order valence-corrected chi connectivity index (χ1v) is 5.51. The average Bonchev–Trinajstić information content (AvgIpc) is 2.30. The van der Waals surface area contributed by atoms with Gasteiger partial charge in [0.25, 0.3) is 0 Å². The molecule has 0 unspecified atom stereocenters. The number of nitrogens with one attached hydrogen (secondary N) is 1. The van der Waals surface area contributed by atoms with E-state index in [4.69, 9.17) is 0 Å². The van der Waals surface area contributed by atoms with Crippen LogP contribution in [0.1, 0.15) is 24.3 Å². The first-order chi connectivity index (χ1) is 7.75. The Hall–Kier alpha value is -1.16. The highest BCUT2D eigenvalue weighted by atomic mass is 19.3. The van der Waals surface area contributed by atoms with Gasteiger partial charge in [-0.05, 0) is 43.0 Å².